The Balaban J connectivity index is 1.50. The van der Waals surface area contributed by atoms with Gasteiger partial charge in [-0.05, 0) is 72.9 Å². The normalized spacial score (nSPS) is 17.8. The third-order valence-corrected chi connectivity index (χ3v) is 7.37. The summed E-state index contributed by atoms with van der Waals surface area (Å²) in [6.07, 6.45) is 3.88. The molecule has 2 atom stereocenters. The molecule has 1 N–H and O–H groups in total. The summed E-state index contributed by atoms with van der Waals surface area (Å²) in [6, 6.07) is 26.1. The SMILES string of the molecule is COc1ccc(N2C(=S)N[C@@H](c3ccccn3)[C@@H]2c2cccn2-c2nc3ccccc3s2)cc1. The quantitative estimate of drug-likeness (QED) is 0.325. The number of hydrogen-bond donors (Lipinski definition) is 1. The second-order valence-electron chi connectivity index (χ2n) is 7.96. The zero-order chi connectivity index (χ0) is 23.1. The molecular formula is C26H21N5OS2. The van der Waals surface area contributed by atoms with Gasteiger partial charge in [-0.15, -0.1) is 0 Å². The van der Waals surface area contributed by atoms with Gasteiger partial charge in [0.15, 0.2) is 10.2 Å². The molecule has 3 aromatic heterocycles. The third-order valence-electron chi connectivity index (χ3n) is 6.02. The number of thiazole rings is 1. The highest BCUT2D eigenvalue weighted by Crippen LogP contribution is 2.43. The summed E-state index contributed by atoms with van der Waals surface area (Å²) in [4.78, 5) is 11.7. The zero-order valence-corrected chi connectivity index (χ0v) is 20.0. The predicted molar refractivity (Wildman–Crippen MR) is 140 cm³/mol. The molecule has 5 aromatic rings. The Morgan fingerprint density at radius 2 is 1.79 bits per heavy atom. The van der Waals surface area contributed by atoms with E-state index in [0.717, 1.165) is 38.2 Å². The molecule has 0 amide bonds. The number of rotatable bonds is 5. The number of methoxy groups -OCH3 is 1. The molecule has 0 saturated carbocycles. The van der Waals surface area contributed by atoms with Crippen molar-refractivity contribution in [3.8, 4) is 10.9 Å². The molecule has 6 nitrogen and oxygen atoms in total. The van der Waals surface area contributed by atoms with Gasteiger partial charge >= 0.3 is 0 Å². The Morgan fingerprint density at radius 1 is 0.971 bits per heavy atom. The number of hydrogen-bond acceptors (Lipinski definition) is 5. The lowest BCUT2D eigenvalue weighted by Crippen LogP contribution is -2.30. The van der Waals surface area contributed by atoms with Crippen LogP contribution in [0.5, 0.6) is 5.75 Å². The molecule has 0 bridgehead atoms. The molecule has 6 rings (SSSR count). The monoisotopic (exact) mass is 483 g/mol. The summed E-state index contributed by atoms with van der Waals surface area (Å²) in [7, 11) is 1.67. The predicted octanol–water partition coefficient (Wildman–Crippen LogP) is 5.67. The number of benzene rings is 2. The van der Waals surface area contributed by atoms with Crippen molar-refractivity contribution in [1.82, 2.24) is 19.9 Å². The summed E-state index contributed by atoms with van der Waals surface area (Å²) in [6.45, 7) is 0. The first-order valence-electron chi connectivity index (χ1n) is 10.9. The maximum atomic E-state index is 5.86. The Labute approximate surface area is 206 Å². The van der Waals surface area contributed by atoms with Crippen molar-refractivity contribution < 1.29 is 4.74 Å². The van der Waals surface area contributed by atoms with E-state index in [1.165, 1.54) is 0 Å². The van der Waals surface area contributed by atoms with E-state index < -0.39 is 0 Å². The van der Waals surface area contributed by atoms with Crippen molar-refractivity contribution >= 4 is 44.6 Å². The zero-order valence-electron chi connectivity index (χ0n) is 18.3. The van der Waals surface area contributed by atoms with Crippen molar-refractivity contribution in [3.05, 3.63) is 103 Å². The van der Waals surface area contributed by atoms with Gasteiger partial charge in [-0.2, -0.15) is 0 Å². The van der Waals surface area contributed by atoms with Gasteiger partial charge in [-0.25, -0.2) is 4.98 Å². The molecule has 0 spiro atoms. The molecule has 34 heavy (non-hydrogen) atoms. The first kappa shape index (κ1) is 20.8. The van der Waals surface area contributed by atoms with Crippen LogP contribution in [0.25, 0.3) is 15.3 Å². The number of nitrogens with zero attached hydrogens (tertiary/aromatic N) is 4. The number of para-hydroxylation sites is 1. The van der Waals surface area contributed by atoms with Crippen LogP contribution in [-0.2, 0) is 0 Å². The Hall–Kier alpha value is -3.75. The van der Waals surface area contributed by atoms with E-state index in [1.54, 1.807) is 18.4 Å². The van der Waals surface area contributed by atoms with Gasteiger partial charge in [-0.3, -0.25) is 9.55 Å². The van der Waals surface area contributed by atoms with Gasteiger partial charge in [0.25, 0.3) is 0 Å². The van der Waals surface area contributed by atoms with Crippen molar-refractivity contribution in [2.75, 3.05) is 12.0 Å². The van der Waals surface area contributed by atoms with Crippen LogP contribution in [0.3, 0.4) is 0 Å². The number of nitrogens with one attached hydrogen (secondary N) is 1. The van der Waals surface area contributed by atoms with Crippen LogP contribution in [-0.4, -0.2) is 26.8 Å². The summed E-state index contributed by atoms with van der Waals surface area (Å²) in [5.41, 5.74) is 4.00. The van der Waals surface area contributed by atoms with E-state index >= 15 is 0 Å². The minimum Gasteiger partial charge on any atom is -0.497 e. The summed E-state index contributed by atoms with van der Waals surface area (Å²) < 4.78 is 8.69. The Kier molecular flexibility index (Phi) is 5.24. The smallest absolute Gasteiger partial charge is 0.194 e. The average molecular weight is 484 g/mol. The number of anilines is 1. The van der Waals surface area contributed by atoms with E-state index in [4.69, 9.17) is 21.9 Å². The van der Waals surface area contributed by atoms with Gasteiger partial charge < -0.3 is 15.0 Å². The fourth-order valence-electron chi connectivity index (χ4n) is 4.45. The molecule has 0 aliphatic carbocycles. The molecule has 4 heterocycles. The van der Waals surface area contributed by atoms with Crippen molar-refractivity contribution in [3.63, 3.8) is 0 Å². The van der Waals surface area contributed by atoms with E-state index in [0.29, 0.717) is 5.11 Å². The fraction of sp³-hybridized carbons (Fsp3) is 0.115. The van der Waals surface area contributed by atoms with Crippen LogP contribution >= 0.6 is 23.6 Å². The standard InChI is InChI=1S/C26H21N5OS2/c1-32-18-13-11-17(12-14-18)31-24(23(29-25(31)33)20-8-4-5-15-27-20)21-9-6-16-30(21)26-28-19-7-2-3-10-22(19)34-26/h2-16,23-24H,1H3,(H,29,33)/t23-,24-/m0/s1. The number of fused-ring (bicyclic) bond motifs is 1. The van der Waals surface area contributed by atoms with Gasteiger partial charge in [-0.1, -0.05) is 29.5 Å². The lowest BCUT2D eigenvalue weighted by Gasteiger charge is -2.28. The van der Waals surface area contributed by atoms with E-state index in [-0.39, 0.29) is 12.1 Å². The average Bonchev–Trinajstić information content (AvgIpc) is 3.60. The Bertz CT molecular complexity index is 1430. The molecule has 1 aliphatic rings. The Morgan fingerprint density at radius 3 is 2.56 bits per heavy atom. The van der Waals surface area contributed by atoms with E-state index in [1.807, 2.05) is 66.9 Å². The second kappa shape index (κ2) is 8.55. The number of thiocarbonyl (C=S) groups is 1. The van der Waals surface area contributed by atoms with Crippen LogP contribution in [0.4, 0.5) is 5.69 Å². The minimum absolute atomic E-state index is 0.126. The second-order valence-corrected chi connectivity index (χ2v) is 9.36. The summed E-state index contributed by atoms with van der Waals surface area (Å²) >= 11 is 7.53. The first-order chi connectivity index (χ1) is 16.7. The van der Waals surface area contributed by atoms with Crippen molar-refractivity contribution in [1.29, 1.82) is 0 Å². The number of pyridine rings is 1. The molecule has 1 saturated heterocycles. The molecule has 8 heteroatoms. The summed E-state index contributed by atoms with van der Waals surface area (Å²) in [5.74, 6) is 0.803. The highest BCUT2D eigenvalue weighted by molar-refractivity contribution is 7.80. The maximum absolute atomic E-state index is 5.86. The molecule has 0 unspecified atom stereocenters. The molecular weight excluding hydrogens is 462 g/mol. The van der Waals surface area contributed by atoms with Gasteiger partial charge in [0.05, 0.1) is 34.8 Å². The summed E-state index contributed by atoms with van der Waals surface area (Å²) in [5, 5.41) is 5.10. The molecule has 2 aromatic carbocycles. The minimum atomic E-state index is -0.127. The first-order valence-corrected chi connectivity index (χ1v) is 12.1. The van der Waals surface area contributed by atoms with E-state index in [9.17, 15) is 0 Å². The third kappa shape index (κ3) is 3.52. The maximum Gasteiger partial charge on any atom is 0.194 e. The number of aromatic nitrogens is 3. The highest BCUT2D eigenvalue weighted by atomic mass is 32.1. The van der Waals surface area contributed by atoms with E-state index in [2.05, 4.69) is 44.2 Å². The molecule has 1 aliphatic heterocycles. The van der Waals surface area contributed by atoms with Crippen molar-refractivity contribution in [2.24, 2.45) is 0 Å². The molecule has 0 radical (unpaired) electrons. The number of ether oxygens (including phenoxy) is 1. The van der Waals surface area contributed by atoms with Crippen LogP contribution in [0, 0.1) is 0 Å². The lowest BCUT2D eigenvalue weighted by atomic mass is 10.0. The largest absolute Gasteiger partial charge is 0.497 e. The lowest BCUT2D eigenvalue weighted by molar-refractivity contribution is 0.415. The van der Waals surface area contributed by atoms with Crippen molar-refractivity contribution in [2.45, 2.75) is 12.1 Å². The van der Waals surface area contributed by atoms with Gasteiger partial charge in [0.2, 0.25) is 0 Å². The van der Waals surface area contributed by atoms with Crippen LogP contribution < -0.4 is 15.0 Å². The molecule has 1 fully saturated rings. The fourth-order valence-corrected chi connectivity index (χ4v) is 5.76. The van der Waals surface area contributed by atoms with Crippen LogP contribution in [0.15, 0.2) is 91.3 Å². The van der Waals surface area contributed by atoms with Gasteiger partial charge in [0.1, 0.15) is 11.8 Å². The van der Waals surface area contributed by atoms with Crippen LogP contribution in [0.1, 0.15) is 23.5 Å². The topological polar surface area (TPSA) is 55.2 Å². The molecule has 168 valence electrons. The highest BCUT2D eigenvalue weighted by Gasteiger charge is 2.42. The van der Waals surface area contributed by atoms with Crippen LogP contribution in [0.2, 0.25) is 0 Å². The van der Waals surface area contributed by atoms with Gasteiger partial charge in [0, 0.05) is 18.1 Å².